The van der Waals surface area contributed by atoms with Crippen molar-refractivity contribution in [1.29, 1.82) is 0 Å². The molecule has 2 rings (SSSR count). The normalized spacial score (nSPS) is 11.6. The highest BCUT2D eigenvalue weighted by Gasteiger charge is 2.24. The molecule has 0 unspecified atom stereocenters. The fourth-order valence-corrected chi connectivity index (χ4v) is 2.61. The number of hydrogen-bond donors (Lipinski definition) is 2. The van der Waals surface area contributed by atoms with E-state index in [2.05, 4.69) is 10.6 Å². The van der Waals surface area contributed by atoms with Crippen molar-refractivity contribution in [3.63, 3.8) is 0 Å². The van der Waals surface area contributed by atoms with E-state index in [0.29, 0.717) is 24.5 Å². The molecule has 1 atom stereocenters. The van der Waals surface area contributed by atoms with Gasteiger partial charge in [0.2, 0.25) is 5.91 Å². The molecule has 0 aromatic heterocycles. The molecule has 2 aromatic rings. The van der Waals surface area contributed by atoms with Gasteiger partial charge < -0.3 is 20.1 Å². The van der Waals surface area contributed by atoms with Crippen molar-refractivity contribution in [2.24, 2.45) is 5.92 Å². The minimum absolute atomic E-state index is 0.119. The smallest absolute Gasteiger partial charge is 0.251 e. The maximum Gasteiger partial charge on any atom is 0.251 e. The summed E-state index contributed by atoms with van der Waals surface area (Å²) in [7, 11) is 0. The zero-order chi connectivity index (χ0) is 21.2. The minimum Gasteiger partial charge on any atom is -0.494 e. The van der Waals surface area contributed by atoms with Gasteiger partial charge in [-0.15, -0.1) is 0 Å². The third-order valence-corrected chi connectivity index (χ3v) is 4.15. The molecular weight excluding hydrogens is 375 g/mol. The molecule has 2 N–H and O–H groups in total. The van der Waals surface area contributed by atoms with Gasteiger partial charge in [0.1, 0.15) is 30.0 Å². The third-order valence-electron chi connectivity index (χ3n) is 4.15. The molecule has 0 saturated carbocycles. The van der Waals surface area contributed by atoms with Crippen LogP contribution in [-0.2, 0) is 4.79 Å². The molecule has 0 bridgehead atoms. The first-order chi connectivity index (χ1) is 13.9. The number of benzene rings is 2. The molecule has 0 heterocycles. The van der Waals surface area contributed by atoms with Crippen molar-refractivity contribution in [2.75, 3.05) is 19.8 Å². The Bertz CT molecular complexity index is 791. The van der Waals surface area contributed by atoms with E-state index in [1.807, 2.05) is 32.9 Å². The molecule has 0 aliphatic rings. The number of hydrogen-bond acceptors (Lipinski definition) is 4. The summed E-state index contributed by atoms with van der Waals surface area (Å²) in [6.07, 6.45) is 0. The Morgan fingerprint density at radius 3 is 2.10 bits per heavy atom. The van der Waals surface area contributed by atoms with Gasteiger partial charge in [-0.3, -0.25) is 9.59 Å². The van der Waals surface area contributed by atoms with Crippen molar-refractivity contribution >= 4 is 11.8 Å². The number of ether oxygens (including phenoxy) is 2. The van der Waals surface area contributed by atoms with E-state index in [4.69, 9.17) is 9.47 Å². The second-order valence-corrected chi connectivity index (χ2v) is 6.75. The van der Waals surface area contributed by atoms with Crippen molar-refractivity contribution in [3.05, 3.63) is 59.9 Å². The SMILES string of the molecule is CCOc1ccc(OCCNC(=O)[C@@H](NC(=O)c2ccc(F)cc2)C(C)C)cc1. The first-order valence-electron chi connectivity index (χ1n) is 9.60. The zero-order valence-electron chi connectivity index (χ0n) is 16.9. The molecule has 0 spiro atoms. The number of rotatable bonds is 10. The van der Waals surface area contributed by atoms with E-state index in [1.165, 1.54) is 24.3 Å². The molecule has 0 saturated heterocycles. The van der Waals surface area contributed by atoms with Crippen LogP contribution in [0.3, 0.4) is 0 Å². The second-order valence-electron chi connectivity index (χ2n) is 6.75. The van der Waals surface area contributed by atoms with Crippen LogP contribution in [0.2, 0.25) is 0 Å². The molecule has 0 aliphatic carbocycles. The van der Waals surface area contributed by atoms with Gasteiger partial charge in [-0.25, -0.2) is 4.39 Å². The lowest BCUT2D eigenvalue weighted by molar-refractivity contribution is -0.124. The van der Waals surface area contributed by atoms with Crippen LogP contribution in [0.25, 0.3) is 0 Å². The van der Waals surface area contributed by atoms with Gasteiger partial charge in [0.25, 0.3) is 5.91 Å². The summed E-state index contributed by atoms with van der Waals surface area (Å²) in [5.41, 5.74) is 0.295. The van der Waals surface area contributed by atoms with Crippen LogP contribution < -0.4 is 20.1 Å². The standard InChI is InChI=1S/C22H27FN2O4/c1-4-28-18-9-11-19(12-10-18)29-14-13-24-22(27)20(15(2)3)25-21(26)16-5-7-17(23)8-6-16/h5-12,15,20H,4,13-14H2,1-3H3,(H,24,27)(H,25,26)/t20-/m0/s1. The summed E-state index contributed by atoms with van der Waals surface area (Å²) < 4.78 is 24.0. The van der Waals surface area contributed by atoms with Gasteiger partial charge in [-0.2, -0.15) is 0 Å². The Balaban J connectivity index is 1.81. The van der Waals surface area contributed by atoms with E-state index in [-0.39, 0.29) is 18.4 Å². The van der Waals surface area contributed by atoms with Crippen LogP contribution >= 0.6 is 0 Å². The van der Waals surface area contributed by atoms with Crippen LogP contribution in [0.15, 0.2) is 48.5 Å². The topological polar surface area (TPSA) is 76.7 Å². The molecule has 6 nitrogen and oxygen atoms in total. The molecule has 156 valence electrons. The average molecular weight is 402 g/mol. The highest BCUT2D eigenvalue weighted by atomic mass is 19.1. The largest absolute Gasteiger partial charge is 0.494 e. The lowest BCUT2D eigenvalue weighted by atomic mass is 10.0. The lowest BCUT2D eigenvalue weighted by Gasteiger charge is -2.22. The predicted octanol–water partition coefficient (Wildman–Crippen LogP) is 3.17. The lowest BCUT2D eigenvalue weighted by Crippen LogP contribution is -2.50. The van der Waals surface area contributed by atoms with E-state index < -0.39 is 17.8 Å². The molecule has 7 heteroatoms. The molecule has 0 radical (unpaired) electrons. The molecular formula is C22H27FN2O4. The maximum atomic E-state index is 13.0. The Morgan fingerprint density at radius 2 is 1.55 bits per heavy atom. The van der Waals surface area contributed by atoms with Crippen LogP contribution in [0.5, 0.6) is 11.5 Å². The molecule has 0 fully saturated rings. The first-order valence-corrected chi connectivity index (χ1v) is 9.60. The molecule has 2 amide bonds. The second kappa shape index (κ2) is 11.0. The molecule has 2 aromatic carbocycles. The van der Waals surface area contributed by atoms with E-state index in [1.54, 1.807) is 12.1 Å². The summed E-state index contributed by atoms with van der Waals surface area (Å²) in [6, 6.07) is 11.7. The number of halogens is 1. The maximum absolute atomic E-state index is 13.0. The van der Waals surface area contributed by atoms with Crippen LogP contribution in [0.1, 0.15) is 31.1 Å². The highest BCUT2D eigenvalue weighted by molar-refractivity contribution is 5.97. The summed E-state index contributed by atoms with van der Waals surface area (Å²) >= 11 is 0. The monoisotopic (exact) mass is 402 g/mol. The van der Waals surface area contributed by atoms with Crippen LogP contribution in [0, 0.1) is 11.7 Å². The Morgan fingerprint density at radius 1 is 0.966 bits per heavy atom. The van der Waals surface area contributed by atoms with Gasteiger partial charge in [0.15, 0.2) is 0 Å². The van der Waals surface area contributed by atoms with Crippen molar-refractivity contribution < 1.29 is 23.5 Å². The number of carbonyl (C=O) groups excluding carboxylic acids is 2. The number of nitrogens with one attached hydrogen (secondary N) is 2. The van der Waals surface area contributed by atoms with Crippen LogP contribution in [0.4, 0.5) is 4.39 Å². The summed E-state index contributed by atoms with van der Waals surface area (Å²) in [5.74, 6) is 0.173. The van der Waals surface area contributed by atoms with Gasteiger partial charge in [0, 0.05) is 5.56 Å². The molecule has 0 aliphatic heterocycles. The quantitative estimate of drug-likeness (QED) is 0.599. The zero-order valence-corrected chi connectivity index (χ0v) is 16.9. The summed E-state index contributed by atoms with van der Waals surface area (Å²) in [6.45, 7) is 6.77. The van der Waals surface area contributed by atoms with Crippen molar-refractivity contribution in [2.45, 2.75) is 26.8 Å². The highest BCUT2D eigenvalue weighted by Crippen LogP contribution is 2.17. The number of amides is 2. The van der Waals surface area contributed by atoms with Crippen molar-refractivity contribution in [3.8, 4) is 11.5 Å². The Kier molecular flexibility index (Phi) is 8.45. The fourth-order valence-electron chi connectivity index (χ4n) is 2.61. The minimum atomic E-state index is -0.710. The van der Waals surface area contributed by atoms with E-state index in [9.17, 15) is 14.0 Å². The van der Waals surface area contributed by atoms with Gasteiger partial charge in [-0.05, 0) is 61.4 Å². The summed E-state index contributed by atoms with van der Waals surface area (Å²) in [4.78, 5) is 24.8. The van der Waals surface area contributed by atoms with Crippen LogP contribution in [-0.4, -0.2) is 37.6 Å². The van der Waals surface area contributed by atoms with Crippen molar-refractivity contribution in [1.82, 2.24) is 10.6 Å². The van der Waals surface area contributed by atoms with Gasteiger partial charge in [0.05, 0.1) is 13.2 Å². The average Bonchev–Trinajstić information content (AvgIpc) is 2.70. The van der Waals surface area contributed by atoms with Gasteiger partial charge in [-0.1, -0.05) is 13.8 Å². The van der Waals surface area contributed by atoms with E-state index >= 15 is 0 Å². The third kappa shape index (κ3) is 7.10. The van der Waals surface area contributed by atoms with E-state index in [0.717, 1.165) is 5.75 Å². The fraction of sp³-hybridized carbons (Fsp3) is 0.364. The first kappa shape index (κ1) is 22.2. The number of carbonyl (C=O) groups is 2. The Labute approximate surface area is 170 Å². The predicted molar refractivity (Wildman–Crippen MR) is 109 cm³/mol. The molecule has 29 heavy (non-hydrogen) atoms. The summed E-state index contributed by atoms with van der Waals surface area (Å²) in [5, 5.41) is 5.47. The van der Waals surface area contributed by atoms with Gasteiger partial charge >= 0.3 is 0 Å². The Hall–Kier alpha value is -3.09.